The molecule has 2 aromatic heterocycles. The summed E-state index contributed by atoms with van der Waals surface area (Å²) in [5.41, 5.74) is 3.66. The number of amides is 1. The van der Waals surface area contributed by atoms with Crippen molar-refractivity contribution in [2.45, 2.75) is 44.9 Å². The SMILES string of the molecule is Cc1ncnc(C)c1C(=O)N1CCC2(CCc3c2nc(N2CCOCC2)[nH]c3=O)CC1. The van der Waals surface area contributed by atoms with Crippen molar-refractivity contribution in [1.29, 1.82) is 0 Å². The number of ether oxygens (including phenoxy) is 1. The number of likely N-dealkylation sites (tertiary alicyclic amines) is 1. The van der Waals surface area contributed by atoms with E-state index in [4.69, 9.17) is 9.72 Å². The molecular weight excluding hydrogens is 396 g/mol. The highest BCUT2D eigenvalue weighted by molar-refractivity contribution is 5.96. The largest absolute Gasteiger partial charge is 0.378 e. The second-order valence-corrected chi connectivity index (χ2v) is 8.81. The third-order valence-corrected chi connectivity index (χ3v) is 7.12. The molecule has 1 spiro atoms. The number of aromatic amines is 1. The van der Waals surface area contributed by atoms with Gasteiger partial charge in [-0.15, -0.1) is 0 Å². The molecule has 164 valence electrons. The lowest BCUT2D eigenvalue weighted by molar-refractivity contribution is 0.0661. The first-order chi connectivity index (χ1) is 15.0. The maximum Gasteiger partial charge on any atom is 0.257 e. The summed E-state index contributed by atoms with van der Waals surface area (Å²) in [5, 5.41) is 0. The summed E-state index contributed by atoms with van der Waals surface area (Å²) >= 11 is 0. The summed E-state index contributed by atoms with van der Waals surface area (Å²) in [6, 6.07) is 0. The van der Waals surface area contributed by atoms with Gasteiger partial charge in [-0.1, -0.05) is 0 Å². The number of aromatic nitrogens is 4. The van der Waals surface area contributed by atoms with E-state index in [9.17, 15) is 9.59 Å². The first-order valence-corrected chi connectivity index (χ1v) is 11.0. The van der Waals surface area contributed by atoms with E-state index < -0.39 is 0 Å². The van der Waals surface area contributed by atoms with Gasteiger partial charge in [0.2, 0.25) is 5.95 Å². The standard InChI is InChI=1S/C22H28N6O3/c1-14-17(15(2)24-13-23-14)20(30)27-7-5-22(6-8-27)4-3-16-18(22)25-21(26-19(16)29)28-9-11-31-12-10-28/h13H,3-12H2,1-2H3,(H,25,26,29). The summed E-state index contributed by atoms with van der Waals surface area (Å²) < 4.78 is 5.43. The van der Waals surface area contributed by atoms with Crippen LogP contribution in [-0.2, 0) is 16.6 Å². The zero-order chi connectivity index (χ0) is 21.6. The van der Waals surface area contributed by atoms with E-state index in [1.54, 1.807) is 0 Å². The van der Waals surface area contributed by atoms with Gasteiger partial charge in [0.15, 0.2) is 0 Å². The smallest absolute Gasteiger partial charge is 0.257 e. The van der Waals surface area contributed by atoms with Crippen LogP contribution in [-0.4, -0.2) is 70.1 Å². The van der Waals surface area contributed by atoms with Crippen LogP contribution in [0, 0.1) is 13.8 Å². The molecule has 2 aliphatic heterocycles. The third-order valence-electron chi connectivity index (χ3n) is 7.12. The first kappa shape index (κ1) is 20.1. The predicted molar refractivity (Wildman–Crippen MR) is 115 cm³/mol. The number of nitrogens with one attached hydrogen (secondary N) is 1. The van der Waals surface area contributed by atoms with E-state index in [0.717, 1.165) is 50.0 Å². The Bertz CT molecular complexity index is 1050. The molecule has 0 radical (unpaired) electrons. The van der Waals surface area contributed by atoms with Gasteiger partial charge in [-0.05, 0) is 39.5 Å². The predicted octanol–water partition coefficient (Wildman–Crippen LogP) is 1.13. The number of fused-ring (bicyclic) bond motifs is 2. The Hall–Kier alpha value is -2.81. The molecule has 31 heavy (non-hydrogen) atoms. The molecule has 1 aliphatic carbocycles. The molecule has 5 rings (SSSR count). The topological polar surface area (TPSA) is 104 Å². The minimum absolute atomic E-state index is 0.00320. The highest BCUT2D eigenvalue weighted by atomic mass is 16.5. The quantitative estimate of drug-likeness (QED) is 0.771. The van der Waals surface area contributed by atoms with Crippen LogP contribution in [0.1, 0.15) is 52.3 Å². The Morgan fingerprint density at radius 2 is 1.74 bits per heavy atom. The van der Waals surface area contributed by atoms with Gasteiger partial charge < -0.3 is 14.5 Å². The molecule has 0 saturated carbocycles. The highest BCUT2D eigenvalue weighted by Crippen LogP contribution is 2.44. The van der Waals surface area contributed by atoms with E-state index in [-0.39, 0.29) is 16.9 Å². The van der Waals surface area contributed by atoms with Crippen molar-refractivity contribution in [3.63, 3.8) is 0 Å². The Balaban J connectivity index is 1.39. The molecule has 0 unspecified atom stereocenters. The number of aryl methyl sites for hydroxylation is 2. The number of hydrogen-bond acceptors (Lipinski definition) is 7. The molecule has 2 fully saturated rings. The van der Waals surface area contributed by atoms with Gasteiger partial charge in [0.05, 0.1) is 35.9 Å². The molecule has 0 aromatic carbocycles. The molecule has 2 saturated heterocycles. The van der Waals surface area contributed by atoms with Crippen molar-refractivity contribution < 1.29 is 9.53 Å². The Labute approximate surface area is 180 Å². The van der Waals surface area contributed by atoms with E-state index >= 15 is 0 Å². The normalized spacial score (nSPS) is 20.2. The van der Waals surface area contributed by atoms with Crippen LogP contribution < -0.4 is 10.5 Å². The summed E-state index contributed by atoms with van der Waals surface area (Å²) in [6.07, 6.45) is 4.80. The zero-order valence-corrected chi connectivity index (χ0v) is 18.1. The number of rotatable bonds is 2. The van der Waals surface area contributed by atoms with Crippen molar-refractivity contribution >= 4 is 11.9 Å². The molecule has 1 amide bonds. The lowest BCUT2D eigenvalue weighted by atomic mass is 9.76. The molecule has 4 heterocycles. The molecule has 1 N–H and O–H groups in total. The first-order valence-electron chi connectivity index (χ1n) is 11.0. The Kier molecular flexibility index (Phi) is 5.00. The molecule has 2 aromatic rings. The number of anilines is 1. The molecule has 3 aliphatic rings. The maximum atomic E-state index is 13.2. The van der Waals surface area contributed by atoms with Gasteiger partial charge in [0, 0.05) is 37.2 Å². The summed E-state index contributed by atoms with van der Waals surface area (Å²) in [4.78, 5) is 46.3. The van der Waals surface area contributed by atoms with E-state index in [0.29, 0.717) is 49.2 Å². The lowest BCUT2D eigenvalue weighted by Gasteiger charge is -2.40. The van der Waals surface area contributed by atoms with Gasteiger partial charge in [0.1, 0.15) is 6.33 Å². The Morgan fingerprint density at radius 3 is 2.42 bits per heavy atom. The van der Waals surface area contributed by atoms with Crippen molar-refractivity contribution in [1.82, 2.24) is 24.8 Å². The number of morpholine rings is 1. The second-order valence-electron chi connectivity index (χ2n) is 8.81. The van der Waals surface area contributed by atoms with Crippen molar-refractivity contribution in [2.75, 3.05) is 44.3 Å². The number of hydrogen-bond donors (Lipinski definition) is 1. The van der Waals surface area contributed by atoms with Crippen molar-refractivity contribution in [2.24, 2.45) is 0 Å². The molecule has 9 heteroatoms. The van der Waals surface area contributed by atoms with Gasteiger partial charge in [0.25, 0.3) is 11.5 Å². The third kappa shape index (κ3) is 3.40. The number of nitrogens with zero attached hydrogens (tertiary/aromatic N) is 5. The van der Waals surface area contributed by atoms with Crippen LogP contribution in [0.3, 0.4) is 0 Å². The fourth-order valence-corrected chi connectivity index (χ4v) is 5.25. The molecule has 9 nitrogen and oxygen atoms in total. The molecule has 0 atom stereocenters. The van der Waals surface area contributed by atoms with Crippen LogP contribution in [0.15, 0.2) is 11.1 Å². The number of carbonyl (C=O) groups excluding carboxylic acids is 1. The highest BCUT2D eigenvalue weighted by Gasteiger charge is 2.45. The van der Waals surface area contributed by atoms with Gasteiger partial charge in [-0.3, -0.25) is 14.6 Å². The average molecular weight is 425 g/mol. The van der Waals surface area contributed by atoms with Crippen LogP contribution in [0.2, 0.25) is 0 Å². The van der Waals surface area contributed by atoms with E-state index in [2.05, 4.69) is 19.9 Å². The van der Waals surface area contributed by atoms with Gasteiger partial charge in [-0.2, -0.15) is 0 Å². The monoisotopic (exact) mass is 424 g/mol. The fourth-order valence-electron chi connectivity index (χ4n) is 5.25. The fraction of sp³-hybridized carbons (Fsp3) is 0.591. The number of H-pyrrole nitrogens is 1. The van der Waals surface area contributed by atoms with E-state index in [1.807, 2.05) is 18.7 Å². The summed E-state index contributed by atoms with van der Waals surface area (Å²) in [6.45, 7) is 7.74. The summed E-state index contributed by atoms with van der Waals surface area (Å²) in [7, 11) is 0. The van der Waals surface area contributed by atoms with Crippen LogP contribution in [0.4, 0.5) is 5.95 Å². The van der Waals surface area contributed by atoms with Crippen LogP contribution in [0.25, 0.3) is 0 Å². The van der Waals surface area contributed by atoms with Gasteiger partial charge >= 0.3 is 0 Å². The van der Waals surface area contributed by atoms with Crippen molar-refractivity contribution in [3.8, 4) is 0 Å². The molecule has 0 bridgehead atoms. The van der Waals surface area contributed by atoms with Gasteiger partial charge in [-0.25, -0.2) is 15.0 Å². The summed E-state index contributed by atoms with van der Waals surface area (Å²) in [5.74, 6) is 0.649. The lowest BCUT2D eigenvalue weighted by Crippen LogP contribution is -2.45. The van der Waals surface area contributed by atoms with Crippen LogP contribution >= 0.6 is 0 Å². The minimum atomic E-state index is -0.126. The second kappa shape index (κ2) is 7.71. The maximum absolute atomic E-state index is 13.2. The average Bonchev–Trinajstić information content (AvgIpc) is 3.13. The van der Waals surface area contributed by atoms with Crippen molar-refractivity contribution in [3.05, 3.63) is 44.9 Å². The van der Waals surface area contributed by atoms with E-state index in [1.165, 1.54) is 6.33 Å². The number of piperidine rings is 1. The molecular formula is C22H28N6O3. The number of carbonyl (C=O) groups is 1. The Morgan fingerprint density at radius 1 is 1.06 bits per heavy atom. The minimum Gasteiger partial charge on any atom is -0.378 e. The zero-order valence-electron chi connectivity index (χ0n) is 18.1. The van der Waals surface area contributed by atoms with Crippen LogP contribution in [0.5, 0.6) is 0 Å².